The highest BCUT2D eigenvalue weighted by Crippen LogP contribution is 2.28. The van der Waals surface area contributed by atoms with E-state index in [2.05, 4.69) is 10.2 Å². The Kier molecular flexibility index (Phi) is 1.94. The zero-order valence-electron chi connectivity index (χ0n) is 6.57. The molecule has 64 valence electrons. The largest absolute Gasteiger partial charge is 0.299 e. The van der Waals surface area contributed by atoms with Crippen molar-refractivity contribution < 1.29 is 4.79 Å². The molecule has 0 fully saturated rings. The summed E-state index contributed by atoms with van der Waals surface area (Å²) in [4.78, 5) is 11.2. The third-order valence-electron chi connectivity index (χ3n) is 1.71. The number of amides is 1. The monoisotopic (exact) mass is 192 g/mol. The molecule has 1 aromatic rings. The molecule has 1 aliphatic rings. The van der Waals surface area contributed by atoms with Gasteiger partial charge >= 0.3 is 0 Å². The zero-order chi connectivity index (χ0) is 9.26. The maximum atomic E-state index is 11.2. The van der Waals surface area contributed by atoms with Gasteiger partial charge in [-0.2, -0.15) is 0 Å². The molecule has 0 atom stereocenters. The average molecular weight is 193 g/mol. The van der Waals surface area contributed by atoms with Crippen LogP contribution in [0.5, 0.6) is 0 Å². The molecule has 0 aliphatic carbocycles. The molecule has 0 spiro atoms. The first kappa shape index (κ1) is 8.13. The number of hydrogen-bond acceptors (Lipinski definition) is 2. The van der Waals surface area contributed by atoms with Gasteiger partial charge in [0, 0.05) is 0 Å². The summed E-state index contributed by atoms with van der Waals surface area (Å²) in [6.07, 6.45) is 0. The van der Waals surface area contributed by atoms with Gasteiger partial charge in [0.15, 0.2) is 5.16 Å². The minimum atomic E-state index is -0.379. The van der Waals surface area contributed by atoms with Gasteiger partial charge in [-0.3, -0.25) is 4.79 Å². The summed E-state index contributed by atoms with van der Waals surface area (Å²) in [6.45, 7) is 0. The van der Waals surface area contributed by atoms with Gasteiger partial charge < -0.3 is 0 Å². The molecule has 0 saturated carbocycles. The number of halogens is 1. The normalized spacial score (nSPS) is 15.6. The number of carbonyl (C=O) groups is 1. The van der Waals surface area contributed by atoms with E-state index in [0.717, 1.165) is 5.56 Å². The van der Waals surface area contributed by atoms with Crippen LogP contribution < -0.4 is 0 Å². The van der Waals surface area contributed by atoms with Crippen LogP contribution in [0.3, 0.4) is 0 Å². The number of nitrogens with zero attached hydrogens (tertiary/aromatic N) is 2. The van der Waals surface area contributed by atoms with Gasteiger partial charge in [0.05, 0.1) is 5.57 Å². The van der Waals surface area contributed by atoms with Gasteiger partial charge in [0.1, 0.15) is 0 Å². The van der Waals surface area contributed by atoms with Crippen molar-refractivity contribution in [2.45, 2.75) is 0 Å². The fourth-order valence-corrected chi connectivity index (χ4v) is 1.35. The van der Waals surface area contributed by atoms with Crippen molar-refractivity contribution in [3.63, 3.8) is 0 Å². The Balaban J connectivity index is 2.50. The molecule has 1 heterocycles. The van der Waals surface area contributed by atoms with Crippen molar-refractivity contribution in [2.24, 2.45) is 10.2 Å². The predicted molar refractivity (Wildman–Crippen MR) is 49.1 cm³/mol. The van der Waals surface area contributed by atoms with Gasteiger partial charge in [-0.05, 0) is 5.56 Å². The summed E-state index contributed by atoms with van der Waals surface area (Å²) in [6, 6.07) is 9.12. The van der Waals surface area contributed by atoms with Gasteiger partial charge in [0.25, 0.3) is 5.91 Å². The first-order valence-corrected chi connectivity index (χ1v) is 4.08. The van der Waals surface area contributed by atoms with Crippen LogP contribution >= 0.6 is 11.6 Å². The quantitative estimate of drug-likeness (QED) is 0.631. The van der Waals surface area contributed by atoms with Crippen LogP contribution in [0.4, 0.5) is 0 Å². The van der Waals surface area contributed by atoms with Crippen molar-refractivity contribution in [1.29, 1.82) is 0 Å². The van der Waals surface area contributed by atoms with Crippen LogP contribution in [0.2, 0.25) is 0 Å². The van der Waals surface area contributed by atoms with Gasteiger partial charge in [0.2, 0.25) is 0 Å². The van der Waals surface area contributed by atoms with Crippen molar-refractivity contribution >= 4 is 23.1 Å². The lowest BCUT2D eigenvalue weighted by atomic mass is 10.1. The van der Waals surface area contributed by atoms with E-state index in [0.29, 0.717) is 5.57 Å². The molecule has 1 amide bonds. The van der Waals surface area contributed by atoms with Gasteiger partial charge in [-0.1, -0.05) is 41.9 Å². The molecule has 3 nitrogen and oxygen atoms in total. The number of hydrogen-bond donors (Lipinski definition) is 0. The molecule has 0 aromatic heterocycles. The Bertz CT molecular complexity index is 409. The molecule has 0 saturated heterocycles. The second-order valence-electron chi connectivity index (χ2n) is 2.54. The molecule has 1 aromatic carbocycles. The Morgan fingerprint density at radius 3 is 2.31 bits per heavy atom. The molecule has 0 radical (unpaired) electrons. The Morgan fingerprint density at radius 1 is 1.08 bits per heavy atom. The highest BCUT2D eigenvalue weighted by molar-refractivity contribution is 6.40. The maximum Gasteiger partial charge on any atom is 0.299 e. The van der Waals surface area contributed by atoms with Crippen LogP contribution in [0.25, 0.3) is 5.57 Å². The second kappa shape index (κ2) is 3.11. The second-order valence-corrected chi connectivity index (χ2v) is 2.90. The van der Waals surface area contributed by atoms with E-state index in [4.69, 9.17) is 11.6 Å². The van der Waals surface area contributed by atoms with Crippen molar-refractivity contribution in [3.05, 3.63) is 41.1 Å². The van der Waals surface area contributed by atoms with Crippen molar-refractivity contribution in [1.82, 2.24) is 0 Å². The highest BCUT2D eigenvalue weighted by atomic mass is 35.5. The minimum Gasteiger partial charge on any atom is -0.265 e. The van der Waals surface area contributed by atoms with Crippen LogP contribution in [-0.4, -0.2) is 5.91 Å². The number of carbonyl (C=O) groups excluding carboxylic acids is 1. The molecule has 13 heavy (non-hydrogen) atoms. The van der Waals surface area contributed by atoms with E-state index in [1.54, 1.807) is 12.1 Å². The van der Waals surface area contributed by atoms with E-state index in [-0.39, 0.29) is 11.1 Å². The lowest BCUT2D eigenvalue weighted by Crippen LogP contribution is -1.93. The van der Waals surface area contributed by atoms with E-state index in [1.807, 2.05) is 18.2 Å². The summed E-state index contributed by atoms with van der Waals surface area (Å²) in [7, 11) is 0. The van der Waals surface area contributed by atoms with Crippen LogP contribution in [-0.2, 0) is 4.79 Å². The standard InChI is InChI=1S/C9H5ClN2O/c10-8-7(9(13)12-11-8)6-4-2-1-3-5-6/h1-5H. The lowest BCUT2D eigenvalue weighted by Gasteiger charge is -1.97. The SMILES string of the molecule is O=C1N=NC(Cl)=C1c1ccccc1. The predicted octanol–water partition coefficient (Wildman–Crippen LogP) is 2.59. The summed E-state index contributed by atoms with van der Waals surface area (Å²) in [5.41, 5.74) is 1.13. The number of rotatable bonds is 1. The number of benzene rings is 1. The fourth-order valence-electron chi connectivity index (χ4n) is 1.12. The third kappa shape index (κ3) is 1.38. The zero-order valence-corrected chi connectivity index (χ0v) is 7.32. The van der Waals surface area contributed by atoms with Gasteiger partial charge in [-0.25, -0.2) is 0 Å². The lowest BCUT2D eigenvalue weighted by molar-refractivity contribution is -0.112. The first-order chi connectivity index (χ1) is 6.29. The van der Waals surface area contributed by atoms with Crippen molar-refractivity contribution in [3.8, 4) is 0 Å². The smallest absolute Gasteiger partial charge is 0.265 e. The molecular weight excluding hydrogens is 188 g/mol. The topological polar surface area (TPSA) is 41.8 Å². The molecule has 1 aliphatic heterocycles. The Hall–Kier alpha value is -1.48. The molecule has 0 unspecified atom stereocenters. The fraction of sp³-hybridized carbons (Fsp3) is 0. The van der Waals surface area contributed by atoms with Crippen molar-refractivity contribution in [2.75, 3.05) is 0 Å². The van der Waals surface area contributed by atoms with E-state index in [9.17, 15) is 4.79 Å². The molecule has 0 N–H and O–H groups in total. The number of azo groups is 1. The van der Waals surface area contributed by atoms with E-state index in [1.165, 1.54) is 0 Å². The molecular formula is C9H5ClN2O. The van der Waals surface area contributed by atoms with Crippen LogP contribution in [0, 0.1) is 0 Å². The van der Waals surface area contributed by atoms with Gasteiger partial charge in [-0.15, -0.1) is 10.2 Å². The van der Waals surface area contributed by atoms with E-state index < -0.39 is 0 Å². The Labute approximate surface area is 79.7 Å². The summed E-state index contributed by atoms with van der Waals surface area (Å²) in [5.74, 6) is -0.379. The van der Waals surface area contributed by atoms with E-state index >= 15 is 0 Å². The molecule has 4 heteroatoms. The average Bonchev–Trinajstić information content (AvgIpc) is 2.48. The highest BCUT2D eigenvalue weighted by Gasteiger charge is 2.21. The van der Waals surface area contributed by atoms with Crippen LogP contribution in [0.1, 0.15) is 5.56 Å². The first-order valence-electron chi connectivity index (χ1n) is 3.70. The minimum absolute atomic E-state index is 0.163. The van der Waals surface area contributed by atoms with Crippen LogP contribution in [0.15, 0.2) is 45.7 Å². The summed E-state index contributed by atoms with van der Waals surface area (Å²) >= 11 is 5.71. The molecule has 2 rings (SSSR count). The summed E-state index contributed by atoms with van der Waals surface area (Å²) in [5, 5.41) is 7.01. The maximum absolute atomic E-state index is 11.2. The Morgan fingerprint density at radius 2 is 1.77 bits per heavy atom. The third-order valence-corrected chi connectivity index (χ3v) is 1.98. The summed E-state index contributed by atoms with van der Waals surface area (Å²) < 4.78 is 0. The molecule has 0 bridgehead atoms.